The second-order valence-electron chi connectivity index (χ2n) is 6.93. The molecule has 8 heteroatoms. The quantitative estimate of drug-likeness (QED) is 0.551. The number of nitrogens with one attached hydrogen (secondary N) is 1. The van der Waals surface area contributed by atoms with Crippen molar-refractivity contribution >= 4 is 27.5 Å². The topological polar surface area (TPSA) is 75.7 Å². The fraction of sp³-hybridized carbons (Fsp3) is 0.174. The Labute approximate surface area is 187 Å². The maximum Gasteiger partial charge on any atom is 0.253 e. The molecule has 0 unspecified atom stereocenters. The van der Waals surface area contributed by atoms with E-state index in [0.29, 0.717) is 12.3 Å². The molecule has 1 amide bonds. The molecule has 0 saturated heterocycles. The minimum atomic E-state index is -3.91. The average molecular weight is 459 g/mol. The van der Waals surface area contributed by atoms with Gasteiger partial charge in [-0.05, 0) is 29.8 Å². The van der Waals surface area contributed by atoms with Gasteiger partial charge < -0.3 is 9.64 Å². The Morgan fingerprint density at radius 3 is 2.42 bits per heavy atom. The van der Waals surface area contributed by atoms with E-state index >= 15 is 0 Å². The molecule has 0 spiro atoms. The largest absolute Gasteiger partial charge is 0.496 e. The van der Waals surface area contributed by atoms with Crippen LogP contribution in [0.3, 0.4) is 0 Å². The predicted octanol–water partition coefficient (Wildman–Crippen LogP) is 4.10. The molecule has 3 aromatic rings. The van der Waals surface area contributed by atoms with Crippen LogP contribution < -0.4 is 9.46 Å². The van der Waals surface area contributed by atoms with Crippen LogP contribution in [0.15, 0.2) is 77.7 Å². The average Bonchev–Trinajstić information content (AvgIpc) is 2.78. The van der Waals surface area contributed by atoms with Crippen molar-refractivity contribution in [1.82, 2.24) is 9.62 Å². The van der Waals surface area contributed by atoms with Gasteiger partial charge in [0.1, 0.15) is 10.6 Å². The van der Waals surface area contributed by atoms with E-state index in [1.807, 2.05) is 54.6 Å². The van der Waals surface area contributed by atoms with Crippen molar-refractivity contribution in [3.63, 3.8) is 0 Å². The highest BCUT2D eigenvalue weighted by molar-refractivity contribution is 7.89. The van der Waals surface area contributed by atoms with Gasteiger partial charge in [0.2, 0.25) is 10.0 Å². The zero-order chi connectivity index (χ0) is 22.4. The fourth-order valence-corrected chi connectivity index (χ4v) is 4.62. The van der Waals surface area contributed by atoms with Crippen LogP contribution in [0, 0.1) is 0 Å². The molecule has 3 aromatic carbocycles. The molecule has 0 aliphatic heterocycles. The highest BCUT2D eigenvalue weighted by atomic mass is 35.5. The van der Waals surface area contributed by atoms with E-state index in [0.717, 1.165) is 11.1 Å². The lowest BCUT2D eigenvalue weighted by atomic mass is 10.1. The molecule has 6 nitrogen and oxygen atoms in total. The number of benzene rings is 3. The first-order chi connectivity index (χ1) is 14.8. The Balaban J connectivity index is 1.80. The van der Waals surface area contributed by atoms with Crippen molar-refractivity contribution in [2.45, 2.75) is 18.0 Å². The number of hydrogen-bond donors (Lipinski definition) is 1. The molecular weight excluding hydrogens is 436 g/mol. The minimum absolute atomic E-state index is 0.0458. The number of sulfonamides is 1. The molecule has 0 aliphatic carbocycles. The summed E-state index contributed by atoms with van der Waals surface area (Å²) in [6.45, 7) is 0.422. The third-order valence-corrected chi connectivity index (χ3v) is 6.61. The van der Waals surface area contributed by atoms with Crippen LogP contribution in [0.5, 0.6) is 5.75 Å². The van der Waals surface area contributed by atoms with Crippen molar-refractivity contribution in [1.29, 1.82) is 0 Å². The minimum Gasteiger partial charge on any atom is -0.496 e. The summed E-state index contributed by atoms with van der Waals surface area (Å²) in [5.74, 6) is 0.341. The molecule has 31 heavy (non-hydrogen) atoms. The summed E-state index contributed by atoms with van der Waals surface area (Å²) in [5.41, 5.74) is 1.88. The smallest absolute Gasteiger partial charge is 0.253 e. The number of amides is 1. The molecule has 3 rings (SSSR count). The Bertz CT molecular complexity index is 1170. The second-order valence-corrected chi connectivity index (χ2v) is 9.07. The van der Waals surface area contributed by atoms with E-state index in [4.69, 9.17) is 16.3 Å². The van der Waals surface area contributed by atoms with Gasteiger partial charge >= 0.3 is 0 Å². The first kappa shape index (κ1) is 22.8. The summed E-state index contributed by atoms with van der Waals surface area (Å²) in [6, 6.07) is 20.8. The monoisotopic (exact) mass is 458 g/mol. The van der Waals surface area contributed by atoms with Gasteiger partial charge in [0.25, 0.3) is 5.91 Å². The number of carbonyl (C=O) groups is 1. The molecule has 0 saturated carbocycles. The van der Waals surface area contributed by atoms with Crippen LogP contribution in [0.1, 0.15) is 21.5 Å². The lowest BCUT2D eigenvalue weighted by molar-refractivity contribution is 0.0784. The third-order valence-electron chi connectivity index (χ3n) is 4.72. The maximum absolute atomic E-state index is 12.9. The Hall–Kier alpha value is -2.87. The van der Waals surface area contributed by atoms with E-state index in [9.17, 15) is 13.2 Å². The maximum atomic E-state index is 12.9. The molecule has 0 bridgehead atoms. The van der Waals surface area contributed by atoms with E-state index in [-0.39, 0.29) is 27.9 Å². The van der Waals surface area contributed by atoms with Gasteiger partial charge in [-0.3, -0.25) is 4.79 Å². The third kappa shape index (κ3) is 5.64. The van der Waals surface area contributed by atoms with Crippen LogP contribution in [0.4, 0.5) is 0 Å². The summed E-state index contributed by atoms with van der Waals surface area (Å²) in [5, 5.41) is 0.0458. The number of hydrogen-bond acceptors (Lipinski definition) is 4. The van der Waals surface area contributed by atoms with Crippen LogP contribution in [0.2, 0.25) is 5.02 Å². The molecule has 0 aromatic heterocycles. The zero-order valence-corrected chi connectivity index (χ0v) is 18.8. The summed E-state index contributed by atoms with van der Waals surface area (Å²) >= 11 is 6.16. The summed E-state index contributed by atoms with van der Waals surface area (Å²) in [4.78, 5) is 14.3. The lowest BCUT2D eigenvalue weighted by Crippen LogP contribution is -2.27. The lowest BCUT2D eigenvalue weighted by Gasteiger charge is -2.19. The summed E-state index contributed by atoms with van der Waals surface area (Å²) < 4.78 is 33.5. The summed E-state index contributed by atoms with van der Waals surface area (Å²) in [6.07, 6.45) is 0. The van der Waals surface area contributed by atoms with E-state index in [2.05, 4.69) is 4.72 Å². The highest BCUT2D eigenvalue weighted by Gasteiger charge is 2.22. The number of carbonyl (C=O) groups excluding carboxylic acids is 1. The molecule has 0 heterocycles. The van der Waals surface area contributed by atoms with Crippen molar-refractivity contribution in [2.24, 2.45) is 0 Å². The molecule has 162 valence electrons. The number of rotatable bonds is 8. The first-order valence-corrected chi connectivity index (χ1v) is 11.4. The van der Waals surface area contributed by atoms with Gasteiger partial charge in [0.05, 0.1) is 12.1 Å². The number of ether oxygens (including phenoxy) is 1. The molecule has 0 fully saturated rings. The van der Waals surface area contributed by atoms with E-state index < -0.39 is 10.0 Å². The fourth-order valence-electron chi connectivity index (χ4n) is 3.08. The summed E-state index contributed by atoms with van der Waals surface area (Å²) in [7, 11) is -0.700. The van der Waals surface area contributed by atoms with Gasteiger partial charge in [-0.2, -0.15) is 0 Å². The van der Waals surface area contributed by atoms with Crippen molar-refractivity contribution < 1.29 is 17.9 Å². The SMILES string of the molecule is COc1ccccc1CN(C)C(=O)c1ccc(Cl)c(S(=O)(=O)NCc2ccccc2)c1. The van der Waals surface area contributed by atoms with Gasteiger partial charge in [-0.25, -0.2) is 13.1 Å². The normalized spacial score (nSPS) is 11.2. The van der Waals surface area contributed by atoms with Crippen LogP contribution in [0.25, 0.3) is 0 Å². The van der Waals surface area contributed by atoms with Gasteiger partial charge in [-0.15, -0.1) is 0 Å². The number of para-hydroxylation sites is 1. The zero-order valence-electron chi connectivity index (χ0n) is 17.2. The Morgan fingerprint density at radius 2 is 1.71 bits per heavy atom. The van der Waals surface area contributed by atoms with Gasteiger partial charge in [0.15, 0.2) is 0 Å². The standard InChI is InChI=1S/C23H23ClN2O4S/c1-26(16-19-10-6-7-11-21(19)30-2)23(27)18-12-13-20(24)22(14-18)31(28,29)25-15-17-8-4-3-5-9-17/h3-14,25H,15-16H2,1-2H3. The highest BCUT2D eigenvalue weighted by Crippen LogP contribution is 2.25. The Kier molecular flexibility index (Phi) is 7.33. The molecule has 0 radical (unpaired) electrons. The first-order valence-electron chi connectivity index (χ1n) is 9.52. The van der Waals surface area contributed by atoms with Gasteiger partial charge in [0, 0.05) is 31.3 Å². The van der Waals surface area contributed by atoms with Crippen LogP contribution in [-0.2, 0) is 23.1 Å². The van der Waals surface area contributed by atoms with Crippen LogP contribution >= 0.6 is 11.6 Å². The number of nitrogens with zero attached hydrogens (tertiary/aromatic N) is 1. The second kappa shape index (κ2) is 9.96. The number of halogens is 1. The Morgan fingerprint density at radius 1 is 1.03 bits per heavy atom. The van der Waals surface area contributed by atoms with Crippen molar-refractivity contribution in [3.8, 4) is 5.75 Å². The number of methoxy groups -OCH3 is 1. The van der Waals surface area contributed by atoms with Crippen LogP contribution in [-0.4, -0.2) is 33.4 Å². The molecule has 1 N–H and O–H groups in total. The van der Waals surface area contributed by atoms with Gasteiger partial charge in [-0.1, -0.05) is 60.1 Å². The van der Waals surface area contributed by atoms with Crippen molar-refractivity contribution in [2.75, 3.05) is 14.2 Å². The van der Waals surface area contributed by atoms with Crippen molar-refractivity contribution in [3.05, 3.63) is 94.5 Å². The van der Waals surface area contributed by atoms with E-state index in [1.165, 1.54) is 23.1 Å². The molecule has 0 atom stereocenters. The molecular formula is C23H23ClN2O4S. The molecule has 0 aliphatic rings. The van der Waals surface area contributed by atoms with E-state index in [1.54, 1.807) is 14.2 Å². The predicted molar refractivity (Wildman–Crippen MR) is 121 cm³/mol.